The molecule has 164 valence electrons. The highest BCUT2D eigenvalue weighted by Crippen LogP contribution is 2.48. The molecule has 2 heterocycles. The number of aromatic nitrogens is 1. The molecule has 0 amide bonds. The summed E-state index contributed by atoms with van der Waals surface area (Å²) in [4.78, 5) is 28.7. The number of rotatable bonds is 4. The second-order valence-electron chi connectivity index (χ2n) is 8.62. The molecular formula is C26H26N2O4. The number of ketones is 1. The molecule has 5 rings (SSSR count). The van der Waals surface area contributed by atoms with E-state index in [0.29, 0.717) is 19.4 Å². The Balaban J connectivity index is 1.77. The third-order valence-electron chi connectivity index (χ3n) is 6.92. The van der Waals surface area contributed by atoms with Gasteiger partial charge >= 0.3 is 5.97 Å². The third kappa shape index (κ3) is 2.86. The van der Waals surface area contributed by atoms with Gasteiger partial charge in [0, 0.05) is 18.5 Å². The number of aryl methyl sites for hydroxylation is 2. The fourth-order valence-corrected chi connectivity index (χ4v) is 5.59. The number of nitrogens with zero attached hydrogens (tertiary/aromatic N) is 2. The van der Waals surface area contributed by atoms with Gasteiger partial charge in [-0.05, 0) is 55.0 Å². The summed E-state index contributed by atoms with van der Waals surface area (Å²) in [5.41, 5.74) is 4.50. The highest BCUT2D eigenvalue weighted by atomic mass is 16.5. The van der Waals surface area contributed by atoms with Crippen molar-refractivity contribution < 1.29 is 18.8 Å². The van der Waals surface area contributed by atoms with Gasteiger partial charge in [0.2, 0.25) is 0 Å². The van der Waals surface area contributed by atoms with Gasteiger partial charge in [-0.2, -0.15) is 0 Å². The Morgan fingerprint density at radius 2 is 1.97 bits per heavy atom. The van der Waals surface area contributed by atoms with Crippen LogP contribution in [0.25, 0.3) is 11.1 Å². The van der Waals surface area contributed by atoms with Crippen molar-refractivity contribution in [2.45, 2.75) is 44.7 Å². The highest BCUT2D eigenvalue weighted by molar-refractivity contribution is 6.00. The zero-order valence-electron chi connectivity index (χ0n) is 18.6. The van der Waals surface area contributed by atoms with E-state index in [9.17, 15) is 9.59 Å². The van der Waals surface area contributed by atoms with Crippen LogP contribution in [-0.4, -0.2) is 41.5 Å². The van der Waals surface area contributed by atoms with Crippen molar-refractivity contribution in [2.75, 3.05) is 13.7 Å². The first-order valence-corrected chi connectivity index (χ1v) is 11.0. The Morgan fingerprint density at radius 1 is 1.19 bits per heavy atom. The van der Waals surface area contributed by atoms with Crippen LogP contribution in [0.2, 0.25) is 0 Å². The zero-order valence-corrected chi connectivity index (χ0v) is 18.6. The van der Waals surface area contributed by atoms with Gasteiger partial charge < -0.3 is 9.26 Å². The van der Waals surface area contributed by atoms with E-state index in [2.05, 4.69) is 16.1 Å². The van der Waals surface area contributed by atoms with E-state index in [-0.39, 0.29) is 11.8 Å². The Kier molecular flexibility index (Phi) is 4.97. The molecule has 1 unspecified atom stereocenters. The minimum atomic E-state index is -1.03. The molecule has 0 spiro atoms. The van der Waals surface area contributed by atoms with Gasteiger partial charge in [-0.15, -0.1) is 0 Å². The van der Waals surface area contributed by atoms with E-state index in [1.807, 2.05) is 56.3 Å². The highest BCUT2D eigenvalue weighted by Gasteiger charge is 2.56. The van der Waals surface area contributed by atoms with Crippen molar-refractivity contribution in [1.82, 2.24) is 10.1 Å². The van der Waals surface area contributed by atoms with Crippen LogP contribution in [0.4, 0.5) is 0 Å². The minimum Gasteiger partial charge on any atom is -0.468 e. The maximum absolute atomic E-state index is 13.9. The van der Waals surface area contributed by atoms with Crippen LogP contribution in [0.1, 0.15) is 41.0 Å². The van der Waals surface area contributed by atoms with Gasteiger partial charge in [-0.3, -0.25) is 14.5 Å². The van der Waals surface area contributed by atoms with Gasteiger partial charge in [0.15, 0.2) is 5.78 Å². The predicted molar refractivity (Wildman–Crippen MR) is 119 cm³/mol. The molecule has 1 fully saturated rings. The quantitative estimate of drug-likeness (QED) is 0.584. The SMILES string of the molecule is COC(=O)[C@@H]1CCCN1C1(c2ccccc2)C(=O)Cc2ccc(-c3c(C)noc3C)cc21. The first-order chi connectivity index (χ1) is 15.5. The maximum Gasteiger partial charge on any atom is 0.323 e. The lowest BCUT2D eigenvalue weighted by Gasteiger charge is -2.41. The van der Waals surface area contributed by atoms with Gasteiger partial charge in [0.1, 0.15) is 17.3 Å². The van der Waals surface area contributed by atoms with Crippen molar-refractivity contribution in [3.8, 4) is 11.1 Å². The molecule has 32 heavy (non-hydrogen) atoms. The number of carbonyl (C=O) groups excluding carboxylic acids is 2. The van der Waals surface area contributed by atoms with Crippen molar-refractivity contribution in [3.05, 3.63) is 76.7 Å². The topological polar surface area (TPSA) is 72.6 Å². The van der Waals surface area contributed by atoms with Gasteiger partial charge in [0.25, 0.3) is 0 Å². The predicted octanol–water partition coefficient (Wildman–Crippen LogP) is 3.96. The summed E-state index contributed by atoms with van der Waals surface area (Å²) in [7, 11) is 1.41. The fraction of sp³-hybridized carbons (Fsp3) is 0.346. The number of likely N-dealkylation sites (tertiary alicyclic amines) is 1. The summed E-state index contributed by atoms with van der Waals surface area (Å²) in [6, 6.07) is 15.5. The van der Waals surface area contributed by atoms with Crippen molar-refractivity contribution in [2.24, 2.45) is 0 Å². The molecule has 0 radical (unpaired) electrons. The molecule has 1 saturated heterocycles. The first-order valence-electron chi connectivity index (χ1n) is 11.0. The largest absolute Gasteiger partial charge is 0.468 e. The number of ether oxygens (including phenoxy) is 1. The molecule has 0 N–H and O–H groups in total. The standard InChI is InChI=1S/C26H26N2O4/c1-16-24(17(2)32-27-16)19-12-11-18-15-23(29)26(21(18)14-19,20-8-5-4-6-9-20)28-13-7-10-22(28)25(30)31-3/h4-6,8-9,11-12,14,22H,7,10,13,15H2,1-3H3/t22-,26?/m0/s1. The molecular weight excluding hydrogens is 404 g/mol. The smallest absolute Gasteiger partial charge is 0.323 e. The average molecular weight is 431 g/mol. The third-order valence-corrected chi connectivity index (χ3v) is 6.92. The van der Waals surface area contributed by atoms with E-state index in [1.54, 1.807) is 0 Å². The first kappa shape index (κ1) is 20.6. The number of fused-ring (bicyclic) bond motifs is 1. The average Bonchev–Trinajstić information content (AvgIpc) is 3.49. The summed E-state index contributed by atoms with van der Waals surface area (Å²) in [5, 5.41) is 4.11. The summed E-state index contributed by atoms with van der Waals surface area (Å²) >= 11 is 0. The van der Waals surface area contributed by atoms with Crippen LogP contribution in [0.5, 0.6) is 0 Å². The zero-order chi connectivity index (χ0) is 22.5. The second-order valence-corrected chi connectivity index (χ2v) is 8.62. The monoisotopic (exact) mass is 430 g/mol. The number of methoxy groups -OCH3 is 1. The van der Waals surface area contributed by atoms with Crippen LogP contribution in [0, 0.1) is 13.8 Å². The van der Waals surface area contributed by atoms with Crippen LogP contribution in [0.15, 0.2) is 53.1 Å². The van der Waals surface area contributed by atoms with Gasteiger partial charge in [0.05, 0.1) is 12.8 Å². The number of Topliss-reactive ketones (excluding diaryl/α,β-unsaturated/α-hetero) is 1. The molecule has 2 atom stereocenters. The number of carbonyl (C=O) groups is 2. The van der Waals surface area contributed by atoms with Crippen LogP contribution in [0.3, 0.4) is 0 Å². The van der Waals surface area contributed by atoms with Crippen molar-refractivity contribution >= 4 is 11.8 Å². The van der Waals surface area contributed by atoms with E-state index in [1.165, 1.54) is 7.11 Å². The summed E-state index contributed by atoms with van der Waals surface area (Å²) in [6.45, 7) is 4.46. The fourth-order valence-electron chi connectivity index (χ4n) is 5.59. The molecule has 6 nitrogen and oxygen atoms in total. The van der Waals surface area contributed by atoms with E-state index < -0.39 is 11.6 Å². The molecule has 1 aliphatic heterocycles. The molecule has 0 saturated carbocycles. The minimum absolute atomic E-state index is 0.0883. The van der Waals surface area contributed by atoms with Crippen LogP contribution in [-0.2, 0) is 26.3 Å². The Hall–Kier alpha value is -3.25. The summed E-state index contributed by atoms with van der Waals surface area (Å²) in [5.74, 6) is 0.539. The maximum atomic E-state index is 13.9. The number of hydrogen-bond donors (Lipinski definition) is 0. The normalized spacial score (nSPS) is 22.8. The summed E-state index contributed by atoms with van der Waals surface area (Å²) < 4.78 is 10.5. The Morgan fingerprint density at radius 3 is 2.66 bits per heavy atom. The van der Waals surface area contributed by atoms with Crippen molar-refractivity contribution in [3.63, 3.8) is 0 Å². The second kappa shape index (κ2) is 7.71. The lowest BCUT2D eigenvalue weighted by atomic mass is 9.80. The van der Waals surface area contributed by atoms with Crippen LogP contribution < -0.4 is 0 Å². The molecule has 2 aliphatic rings. The summed E-state index contributed by atoms with van der Waals surface area (Å²) in [6.07, 6.45) is 1.84. The van der Waals surface area contributed by atoms with Crippen molar-refractivity contribution in [1.29, 1.82) is 0 Å². The Bertz CT molecular complexity index is 1180. The van der Waals surface area contributed by atoms with E-state index in [4.69, 9.17) is 9.26 Å². The van der Waals surface area contributed by atoms with E-state index in [0.717, 1.165) is 45.7 Å². The number of benzene rings is 2. The Labute approximate surface area is 187 Å². The molecule has 2 aromatic carbocycles. The van der Waals surface area contributed by atoms with Gasteiger partial charge in [-0.1, -0.05) is 47.6 Å². The molecule has 0 bridgehead atoms. The molecule has 1 aliphatic carbocycles. The number of esters is 1. The lowest BCUT2D eigenvalue weighted by molar-refractivity contribution is -0.149. The molecule has 6 heteroatoms. The lowest BCUT2D eigenvalue weighted by Crippen LogP contribution is -2.55. The number of hydrogen-bond acceptors (Lipinski definition) is 6. The van der Waals surface area contributed by atoms with E-state index >= 15 is 0 Å². The van der Waals surface area contributed by atoms with Gasteiger partial charge in [-0.25, -0.2) is 0 Å². The molecule has 3 aromatic rings. The van der Waals surface area contributed by atoms with Crippen LogP contribution >= 0.6 is 0 Å². The molecule has 1 aromatic heterocycles.